The van der Waals surface area contributed by atoms with E-state index in [4.69, 9.17) is 0 Å². The minimum atomic E-state index is 0.476. The molecule has 1 aromatic carbocycles. The number of benzene rings is 1. The van der Waals surface area contributed by atoms with Crippen LogP contribution >= 0.6 is 0 Å². The van der Waals surface area contributed by atoms with E-state index in [0.717, 1.165) is 6.04 Å². The smallest absolute Gasteiger partial charge is 0.0294 e. The summed E-state index contributed by atoms with van der Waals surface area (Å²) < 4.78 is 0. The van der Waals surface area contributed by atoms with Crippen LogP contribution in [0.2, 0.25) is 0 Å². The van der Waals surface area contributed by atoms with Gasteiger partial charge < -0.3 is 5.32 Å². The van der Waals surface area contributed by atoms with Crippen molar-refractivity contribution < 1.29 is 0 Å². The fourth-order valence-electron chi connectivity index (χ4n) is 3.11. The Morgan fingerprint density at radius 2 is 1.58 bits per heavy atom. The molecule has 0 spiro atoms. The Morgan fingerprint density at radius 1 is 0.947 bits per heavy atom. The van der Waals surface area contributed by atoms with Gasteiger partial charge >= 0.3 is 0 Å². The summed E-state index contributed by atoms with van der Waals surface area (Å²) in [6.07, 6.45) is 9.81. The molecule has 0 amide bonds. The molecule has 0 bridgehead atoms. The van der Waals surface area contributed by atoms with Crippen LogP contribution in [0.1, 0.15) is 74.6 Å². The molecule has 1 aliphatic carbocycles. The van der Waals surface area contributed by atoms with Crippen LogP contribution in [0.4, 0.5) is 0 Å². The average Bonchev–Trinajstić information content (AvgIpc) is 2.35. The van der Waals surface area contributed by atoms with Crippen molar-refractivity contribution in [2.75, 3.05) is 0 Å². The van der Waals surface area contributed by atoms with E-state index in [0.29, 0.717) is 6.04 Å². The van der Waals surface area contributed by atoms with E-state index in [1.165, 1.54) is 61.6 Å². The van der Waals surface area contributed by atoms with Gasteiger partial charge in [-0.3, -0.25) is 0 Å². The predicted molar refractivity (Wildman–Crippen MR) is 83.6 cm³/mol. The first kappa shape index (κ1) is 14.6. The zero-order chi connectivity index (χ0) is 13.7. The van der Waals surface area contributed by atoms with Crippen LogP contribution in [0.5, 0.6) is 0 Å². The van der Waals surface area contributed by atoms with Crippen molar-refractivity contribution in [1.82, 2.24) is 5.32 Å². The van der Waals surface area contributed by atoms with Crippen molar-refractivity contribution in [2.45, 2.75) is 77.8 Å². The fraction of sp³-hybridized carbons (Fsp3) is 0.667. The maximum absolute atomic E-state index is 3.85. The Labute approximate surface area is 118 Å². The summed E-state index contributed by atoms with van der Waals surface area (Å²) in [5.41, 5.74) is 4.23. The lowest BCUT2D eigenvalue weighted by molar-refractivity contribution is 0.362. The molecular weight excluding hydrogens is 230 g/mol. The third kappa shape index (κ3) is 4.35. The molecule has 2 rings (SSSR count). The molecule has 1 heteroatoms. The standard InChI is InChI=1S/C18H29N/c1-14-11-12-17(13-15(14)2)16(3)19-18-9-7-5-4-6-8-10-18/h11-13,16,18-19H,4-10H2,1-3H3. The number of hydrogen-bond donors (Lipinski definition) is 1. The molecule has 1 saturated carbocycles. The van der Waals surface area contributed by atoms with Gasteiger partial charge in [-0.05, 0) is 50.3 Å². The molecule has 0 radical (unpaired) electrons. The van der Waals surface area contributed by atoms with Gasteiger partial charge in [0.2, 0.25) is 0 Å². The molecule has 1 fully saturated rings. The second-order valence-corrected chi connectivity index (χ2v) is 6.27. The highest BCUT2D eigenvalue weighted by Gasteiger charge is 2.15. The van der Waals surface area contributed by atoms with Crippen LogP contribution in [-0.2, 0) is 0 Å². The van der Waals surface area contributed by atoms with E-state index >= 15 is 0 Å². The average molecular weight is 259 g/mol. The van der Waals surface area contributed by atoms with E-state index < -0.39 is 0 Å². The maximum atomic E-state index is 3.85. The van der Waals surface area contributed by atoms with Gasteiger partial charge in [0.05, 0.1) is 0 Å². The van der Waals surface area contributed by atoms with Gasteiger partial charge in [0.25, 0.3) is 0 Å². The third-order valence-corrected chi connectivity index (χ3v) is 4.62. The van der Waals surface area contributed by atoms with E-state index in [1.807, 2.05) is 0 Å². The van der Waals surface area contributed by atoms with Gasteiger partial charge in [0, 0.05) is 12.1 Å². The summed E-state index contributed by atoms with van der Waals surface area (Å²) in [5.74, 6) is 0. The van der Waals surface area contributed by atoms with Gasteiger partial charge in [0.1, 0.15) is 0 Å². The van der Waals surface area contributed by atoms with E-state index in [1.54, 1.807) is 0 Å². The summed E-state index contributed by atoms with van der Waals surface area (Å²) in [5, 5.41) is 3.85. The molecule has 1 aromatic rings. The summed E-state index contributed by atoms with van der Waals surface area (Å²) >= 11 is 0. The first-order valence-corrected chi connectivity index (χ1v) is 8.00. The first-order chi connectivity index (χ1) is 9.16. The van der Waals surface area contributed by atoms with Gasteiger partial charge in [-0.25, -0.2) is 0 Å². The van der Waals surface area contributed by atoms with E-state index in [-0.39, 0.29) is 0 Å². The normalized spacial score (nSPS) is 19.7. The Kier molecular flexibility index (Phi) is 5.45. The fourth-order valence-corrected chi connectivity index (χ4v) is 3.11. The molecule has 1 atom stereocenters. The number of rotatable bonds is 3. The number of nitrogens with one attached hydrogen (secondary N) is 1. The highest BCUT2D eigenvalue weighted by molar-refractivity contribution is 5.31. The molecule has 0 aromatic heterocycles. The van der Waals surface area contributed by atoms with Gasteiger partial charge in [-0.15, -0.1) is 0 Å². The minimum absolute atomic E-state index is 0.476. The summed E-state index contributed by atoms with van der Waals surface area (Å²) in [4.78, 5) is 0. The maximum Gasteiger partial charge on any atom is 0.0294 e. The second-order valence-electron chi connectivity index (χ2n) is 6.27. The third-order valence-electron chi connectivity index (χ3n) is 4.62. The minimum Gasteiger partial charge on any atom is -0.307 e. The second kappa shape index (κ2) is 7.09. The Balaban J connectivity index is 1.94. The monoisotopic (exact) mass is 259 g/mol. The zero-order valence-corrected chi connectivity index (χ0v) is 12.8. The molecule has 1 nitrogen and oxygen atoms in total. The Hall–Kier alpha value is -0.820. The Morgan fingerprint density at radius 3 is 2.21 bits per heavy atom. The quantitative estimate of drug-likeness (QED) is 0.799. The van der Waals surface area contributed by atoms with Crippen LogP contribution in [0.15, 0.2) is 18.2 Å². The lowest BCUT2D eigenvalue weighted by atomic mass is 9.95. The van der Waals surface area contributed by atoms with Crippen LogP contribution in [-0.4, -0.2) is 6.04 Å². The van der Waals surface area contributed by atoms with Crippen molar-refractivity contribution in [3.8, 4) is 0 Å². The molecular formula is C18H29N. The molecule has 19 heavy (non-hydrogen) atoms. The van der Waals surface area contributed by atoms with E-state index in [2.05, 4.69) is 44.3 Å². The SMILES string of the molecule is Cc1ccc(C(C)NC2CCCCCCC2)cc1C. The molecule has 0 heterocycles. The number of hydrogen-bond acceptors (Lipinski definition) is 1. The van der Waals surface area contributed by atoms with Crippen LogP contribution in [0, 0.1) is 13.8 Å². The highest BCUT2D eigenvalue weighted by atomic mass is 14.9. The zero-order valence-electron chi connectivity index (χ0n) is 12.8. The van der Waals surface area contributed by atoms with Gasteiger partial charge in [-0.2, -0.15) is 0 Å². The molecule has 1 unspecified atom stereocenters. The van der Waals surface area contributed by atoms with Crippen LogP contribution in [0.25, 0.3) is 0 Å². The van der Waals surface area contributed by atoms with Crippen molar-refractivity contribution in [3.63, 3.8) is 0 Å². The predicted octanol–water partition coefficient (Wildman–Crippen LogP) is 5.07. The van der Waals surface area contributed by atoms with Crippen LogP contribution in [0.3, 0.4) is 0 Å². The lowest BCUT2D eigenvalue weighted by Gasteiger charge is -2.25. The van der Waals surface area contributed by atoms with E-state index in [9.17, 15) is 0 Å². The van der Waals surface area contributed by atoms with Crippen molar-refractivity contribution in [3.05, 3.63) is 34.9 Å². The Bertz CT molecular complexity index is 389. The largest absolute Gasteiger partial charge is 0.307 e. The molecule has 1 N–H and O–H groups in total. The molecule has 0 aliphatic heterocycles. The lowest BCUT2D eigenvalue weighted by Crippen LogP contribution is -2.32. The molecule has 1 aliphatic rings. The summed E-state index contributed by atoms with van der Waals surface area (Å²) in [6, 6.07) is 8.07. The molecule has 0 saturated heterocycles. The molecule has 106 valence electrons. The highest BCUT2D eigenvalue weighted by Crippen LogP contribution is 2.22. The van der Waals surface area contributed by atoms with Crippen LogP contribution < -0.4 is 5.32 Å². The number of aryl methyl sites for hydroxylation is 2. The van der Waals surface area contributed by atoms with Gasteiger partial charge in [-0.1, -0.05) is 50.3 Å². The topological polar surface area (TPSA) is 12.0 Å². The first-order valence-electron chi connectivity index (χ1n) is 8.00. The summed E-state index contributed by atoms with van der Waals surface area (Å²) in [6.45, 7) is 6.70. The van der Waals surface area contributed by atoms with Crippen molar-refractivity contribution in [1.29, 1.82) is 0 Å². The van der Waals surface area contributed by atoms with Crippen molar-refractivity contribution >= 4 is 0 Å². The van der Waals surface area contributed by atoms with Crippen molar-refractivity contribution in [2.24, 2.45) is 0 Å². The van der Waals surface area contributed by atoms with Gasteiger partial charge in [0.15, 0.2) is 0 Å². The summed E-state index contributed by atoms with van der Waals surface area (Å²) in [7, 11) is 0.